The molecule has 1 aromatic carbocycles. The van der Waals surface area contributed by atoms with Crippen LogP contribution in [0.3, 0.4) is 0 Å². The maximum Gasteiger partial charge on any atom is 0.164 e. The van der Waals surface area contributed by atoms with Gasteiger partial charge < -0.3 is 10.5 Å². The monoisotopic (exact) mass is 390 g/mol. The number of rotatable bonds is 2. The first-order valence-electron chi connectivity index (χ1n) is 8.69. The maximum atomic E-state index is 14.0. The normalized spacial score (nSPS) is 37.0. The van der Waals surface area contributed by atoms with Gasteiger partial charge in [-0.05, 0) is 24.3 Å². The van der Waals surface area contributed by atoms with Crippen molar-refractivity contribution in [1.82, 2.24) is 4.90 Å². The molecule has 1 aromatic rings. The second-order valence-corrected chi connectivity index (χ2v) is 9.80. The van der Waals surface area contributed by atoms with Crippen molar-refractivity contribution >= 4 is 9.84 Å². The van der Waals surface area contributed by atoms with E-state index in [-0.39, 0.29) is 41.6 Å². The summed E-state index contributed by atoms with van der Waals surface area (Å²) in [5.41, 5.74) is 5.94. The second kappa shape index (κ2) is 6.47. The highest BCUT2D eigenvalue weighted by atomic mass is 32.2. The topological polar surface area (TPSA) is 72.6 Å². The van der Waals surface area contributed by atoms with Gasteiger partial charge in [0.2, 0.25) is 0 Å². The number of hydrogen-bond donors (Lipinski definition) is 1. The molecule has 3 aliphatic rings. The summed E-state index contributed by atoms with van der Waals surface area (Å²) in [4.78, 5) is 2.18. The minimum absolute atomic E-state index is 0.00368. The van der Waals surface area contributed by atoms with Gasteiger partial charge >= 0.3 is 0 Å². The van der Waals surface area contributed by atoms with Gasteiger partial charge in [0.15, 0.2) is 21.5 Å². The molecule has 2 unspecified atom stereocenters. The molecular formula is C17H21F3N2O3S. The van der Waals surface area contributed by atoms with Crippen LogP contribution in [0.5, 0.6) is 0 Å². The summed E-state index contributed by atoms with van der Waals surface area (Å²) in [7, 11) is -2.92. The largest absolute Gasteiger partial charge is 0.370 e. The molecule has 26 heavy (non-hydrogen) atoms. The van der Waals surface area contributed by atoms with Gasteiger partial charge in [-0.15, -0.1) is 0 Å². The SMILES string of the molecule is N[C@H]1C[C@@H](N2CC3CS(=O)(=O)CC3C2)CO[C@@H]1c1cc(F)cc(F)c1F. The Hall–Kier alpha value is -1.16. The molecule has 0 amide bonds. The highest BCUT2D eigenvalue weighted by Gasteiger charge is 2.46. The number of hydrogen-bond acceptors (Lipinski definition) is 5. The summed E-state index contributed by atoms with van der Waals surface area (Å²) in [5, 5.41) is 0. The van der Waals surface area contributed by atoms with Crippen LogP contribution in [-0.4, -0.2) is 56.6 Å². The molecule has 3 fully saturated rings. The zero-order valence-corrected chi connectivity index (χ0v) is 14.9. The van der Waals surface area contributed by atoms with Gasteiger partial charge in [-0.1, -0.05) is 0 Å². The average molecular weight is 390 g/mol. The van der Waals surface area contributed by atoms with Gasteiger partial charge in [0.1, 0.15) is 11.9 Å². The van der Waals surface area contributed by atoms with Crippen LogP contribution >= 0.6 is 0 Å². The van der Waals surface area contributed by atoms with Gasteiger partial charge in [0.05, 0.1) is 18.1 Å². The number of benzene rings is 1. The van der Waals surface area contributed by atoms with Crippen LogP contribution in [0, 0.1) is 29.3 Å². The van der Waals surface area contributed by atoms with E-state index in [0.29, 0.717) is 25.6 Å². The Morgan fingerprint density at radius 1 is 1.12 bits per heavy atom. The molecule has 0 aliphatic carbocycles. The fraction of sp³-hybridized carbons (Fsp3) is 0.647. The number of nitrogens with two attached hydrogens (primary N) is 1. The molecule has 3 heterocycles. The second-order valence-electron chi connectivity index (χ2n) is 7.65. The zero-order chi connectivity index (χ0) is 18.6. The number of ether oxygens (including phenoxy) is 1. The molecule has 0 aromatic heterocycles. The lowest BCUT2D eigenvalue weighted by atomic mass is 9.93. The quantitative estimate of drug-likeness (QED) is 0.770. The number of fused-ring (bicyclic) bond motifs is 1. The summed E-state index contributed by atoms with van der Waals surface area (Å²) < 4.78 is 70.0. The lowest BCUT2D eigenvalue weighted by molar-refractivity contribution is -0.0482. The van der Waals surface area contributed by atoms with Gasteiger partial charge in [-0.3, -0.25) is 4.90 Å². The Kier molecular flexibility index (Phi) is 4.53. The Morgan fingerprint density at radius 2 is 1.77 bits per heavy atom. The molecule has 144 valence electrons. The number of nitrogens with zero attached hydrogens (tertiary/aromatic N) is 1. The van der Waals surface area contributed by atoms with Crippen LogP contribution in [0.15, 0.2) is 12.1 Å². The first-order chi connectivity index (χ1) is 12.2. The molecule has 0 spiro atoms. The maximum absolute atomic E-state index is 14.0. The van der Waals surface area contributed by atoms with Crippen molar-refractivity contribution in [2.75, 3.05) is 31.2 Å². The van der Waals surface area contributed by atoms with E-state index in [9.17, 15) is 21.6 Å². The van der Waals surface area contributed by atoms with E-state index < -0.39 is 39.4 Å². The Morgan fingerprint density at radius 3 is 2.38 bits per heavy atom. The van der Waals surface area contributed by atoms with Gasteiger partial charge in [-0.25, -0.2) is 21.6 Å². The van der Waals surface area contributed by atoms with E-state index in [4.69, 9.17) is 10.5 Å². The van der Waals surface area contributed by atoms with Gasteiger partial charge in [-0.2, -0.15) is 0 Å². The lowest BCUT2D eigenvalue weighted by Gasteiger charge is -2.39. The lowest BCUT2D eigenvalue weighted by Crippen LogP contribution is -2.49. The van der Waals surface area contributed by atoms with Crippen molar-refractivity contribution in [3.05, 3.63) is 35.1 Å². The van der Waals surface area contributed by atoms with E-state index in [1.54, 1.807) is 0 Å². The number of sulfone groups is 1. The molecule has 5 nitrogen and oxygen atoms in total. The van der Waals surface area contributed by atoms with Gasteiger partial charge in [0, 0.05) is 36.8 Å². The molecule has 0 bridgehead atoms. The van der Waals surface area contributed by atoms with Crippen LogP contribution in [-0.2, 0) is 14.6 Å². The molecule has 2 N–H and O–H groups in total. The smallest absolute Gasteiger partial charge is 0.164 e. The van der Waals surface area contributed by atoms with Gasteiger partial charge in [0.25, 0.3) is 0 Å². The first kappa shape index (κ1) is 18.2. The van der Waals surface area contributed by atoms with E-state index in [2.05, 4.69) is 4.90 Å². The standard InChI is InChI=1S/C17H21F3N2O3S/c18-11-1-13(16(20)14(19)2-11)17-15(21)3-12(6-25-17)22-4-9-7-26(23,24)8-10(9)5-22/h1-2,9-10,12,15,17H,3-8,21H2/t9?,10?,12-,15+,17-/m1/s1. The summed E-state index contributed by atoms with van der Waals surface area (Å²) in [5.74, 6) is -2.52. The predicted molar refractivity (Wildman–Crippen MR) is 88.6 cm³/mol. The van der Waals surface area contributed by atoms with E-state index >= 15 is 0 Å². The molecule has 4 rings (SSSR count). The van der Waals surface area contributed by atoms with Crippen LogP contribution in [0.1, 0.15) is 18.1 Å². The molecule has 9 heteroatoms. The van der Waals surface area contributed by atoms with E-state index in [0.717, 1.165) is 6.07 Å². The predicted octanol–water partition coefficient (Wildman–Crippen LogP) is 1.24. The minimum Gasteiger partial charge on any atom is -0.370 e. The Labute approximate surface area is 150 Å². The Balaban J connectivity index is 1.44. The Bertz CT molecular complexity index is 800. The summed E-state index contributed by atoms with van der Waals surface area (Å²) in [6.45, 7) is 1.62. The fourth-order valence-corrected chi connectivity index (χ4v) is 6.77. The first-order valence-corrected chi connectivity index (χ1v) is 10.5. The van der Waals surface area contributed by atoms with Crippen molar-refractivity contribution in [3.63, 3.8) is 0 Å². The third-order valence-corrected chi connectivity index (χ3v) is 7.66. The fourth-order valence-electron chi connectivity index (χ4n) is 4.57. The number of likely N-dealkylation sites (tertiary alicyclic amines) is 1. The van der Waals surface area contributed by atoms with E-state index in [1.807, 2.05) is 0 Å². The highest BCUT2D eigenvalue weighted by Crippen LogP contribution is 2.37. The summed E-state index contributed by atoms with van der Waals surface area (Å²) >= 11 is 0. The third-order valence-electron chi connectivity index (χ3n) is 5.79. The zero-order valence-electron chi connectivity index (χ0n) is 14.1. The average Bonchev–Trinajstić information content (AvgIpc) is 3.04. The van der Waals surface area contributed by atoms with Crippen LogP contribution in [0.2, 0.25) is 0 Å². The molecule has 3 saturated heterocycles. The molecule has 0 saturated carbocycles. The van der Waals surface area contributed by atoms with Crippen molar-refractivity contribution in [3.8, 4) is 0 Å². The van der Waals surface area contributed by atoms with Crippen molar-refractivity contribution in [2.24, 2.45) is 17.6 Å². The minimum atomic E-state index is -2.92. The van der Waals surface area contributed by atoms with Crippen LogP contribution in [0.4, 0.5) is 13.2 Å². The van der Waals surface area contributed by atoms with Crippen molar-refractivity contribution in [1.29, 1.82) is 0 Å². The highest BCUT2D eigenvalue weighted by molar-refractivity contribution is 7.91. The van der Waals surface area contributed by atoms with Crippen molar-refractivity contribution in [2.45, 2.75) is 24.6 Å². The number of halogens is 3. The molecule has 0 radical (unpaired) electrons. The summed E-state index contributed by atoms with van der Waals surface area (Å²) in [6, 6.07) is 0.811. The molecule has 5 atom stereocenters. The third kappa shape index (κ3) is 3.26. The van der Waals surface area contributed by atoms with E-state index in [1.165, 1.54) is 0 Å². The van der Waals surface area contributed by atoms with Crippen molar-refractivity contribution < 1.29 is 26.3 Å². The summed E-state index contributed by atoms with van der Waals surface area (Å²) in [6.07, 6.45) is -0.409. The van der Waals surface area contributed by atoms with Crippen LogP contribution in [0.25, 0.3) is 0 Å². The van der Waals surface area contributed by atoms with Crippen LogP contribution < -0.4 is 5.73 Å². The molecular weight excluding hydrogens is 369 g/mol. The molecule has 3 aliphatic heterocycles.